The molecular formula is C28H40N4O6. The fourth-order valence-corrected chi connectivity index (χ4v) is 4.82. The average molecular weight is 529 g/mol. The third kappa shape index (κ3) is 8.51. The monoisotopic (exact) mass is 528 g/mol. The number of amides is 1. The van der Waals surface area contributed by atoms with Crippen molar-refractivity contribution in [3.05, 3.63) is 47.8 Å². The molecule has 208 valence electrons. The fourth-order valence-electron chi connectivity index (χ4n) is 4.82. The van der Waals surface area contributed by atoms with E-state index in [9.17, 15) is 14.4 Å². The van der Waals surface area contributed by atoms with Crippen molar-refractivity contribution in [3.63, 3.8) is 0 Å². The second-order valence-corrected chi connectivity index (χ2v) is 9.69. The second kappa shape index (κ2) is 14.4. The molecule has 0 aliphatic carbocycles. The zero-order chi connectivity index (χ0) is 27.5. The number of piperazine rings is 1. The van der Waals surface area contributed by atoms with Crippen LogP contribution < -0.4 is 9.64 Å². The minimum atomic E-state index is -1.08. The molecule has 0 radical (unpaired) electrons. The number of piperidine rings is 1. The number of aromatic nitrogens is 1. The quantitative estimate of drug-likeness (QED) is 0.484. The SMILES string of the molecule is COc1ccccc1N1CCN(CCc2ccc(CN3CCCCC3=O)n2C)CC1.O=C(O)CCC(=O)O. The maximum Gasteiger partial charge on any atom is 0.303 e. The highest BCUT2D eigenvalue weighted by molar-refractivity contribution is 5.76. The highest BCUT2D eigenvalue weighted by Crippen LogP contribution is 2.28. The summed E-state index contributed by atoms with van der Waals surface area (Å²) in [6.45, 7) is 6.89. The van der Waals surface area contributed by atoms with Crippen LogP contribution in [0.2, 0.25) is 0 Å². The van der Waals surface area contributed by atoms with Crippen LogP contribution in [0.25, 0.3) is 0 Å². The summed E-state index contributed by atoms with van der Waals surface area (Å²) in [6.07, 6.45) is 3.32. The number of carboxylic acids is 2. The summed E-state index contributed by atoms with van der Waals surface area (Å²) in [5, 5.41) is 15.8. The standard InChI is InChI=1S/C24H34N4O2.C4H6O4/c1-25-20(10-11-21(25)19-28-13-6-5-9-24(28)29)12-14-26-15-17-27(18-16-26)22-7-3-4-8-23(22)30-2;5-3(6)1-2-4(7)8/h3-4,7-8,10-11H,5-6,9,12-19H2,1-2H3;1-2H2,(H,5,6)(H,7,8). The zero-order valence-corrected chi connectivity index (χ0v) is 22.5. The van der Waals surface area contributed by atoms with E-state index in [0.29, 0.717) is 12.3 Å². The summed E-state index contributed by atoms with van der Waals surface area (Å²) < 4.78 is 7.81. The van der Waals surface area contributed by atoms with E-state index in [0.717, 1.165) is 70.8 Å². The molecule has 0 saturated carbocycles. The molecular weight excluding hydrogens is 488 g/mol. The first-order valence-electron chi connectivity index (χ1n) is 13.2. The first-order valence-corrected chi connectivity index (χ1v) is 13.2. The lowest BCUT2D eigenvalue weighted by molar-refractivity contribution is -0.143. The number of likely N-dealkylation sites (tertiary alicyclic amines) is 1. The number of para-hydroxylation sites is 2. The highest BCUT2D eigenvalue weighted by atomic mass is 16.5. The van der Waals surface area contributed by atoms with Crippen molar-refractivity contribution in [2.75, 3.05) is 51.3 Å². The summed E-state index contributed by atoms with van der Waals surface area (Å²) in [5.41, 5.74) is 3.78. The van der Waals surface area contributed by atoms with Crippen LogP contribution in [0.4, 0.5) is 5.69 Å². The van der Waals surface area contributed by atoms with E-state index in [-0.39, 0.29) is 12.8 Å². The molecule has 10 heteroatoms. The molecule has 0 spiro atoms. The Morgan fingerprint density at radius 2 is 1.55 bits per heavy atom. The predicted octanol–water partition coefficient (Wildman–Crippen LogP) is 2.85. The molecule has 2 saturated heterocycles. The fraction of sp³-hybridized carbons (Fsp3) is 0.536. The summed E-state index contributed by atoms with van der Waals surface area (Å²) in [4.78, 5) is 38.4. The van der Waals surface area contributed by atoms with Crippen LogP contribution in [0.1, 0.15) is 43.5 Å². The number of aliphatic carboxylic acids is 2. The van der Waals surface area contributed by atoms with Crippen molar-refractivity contribution >= 4 is 23.5 Å². The Labute approximate surface area is 224 Å². The Kier molecular flexibility index (Phi) is 11.0. The number of nitrogens with zero attached hydrogens (tertiary/aromatic N) is 4. The minimum absolute atomic E-state index is 0.296. The number of carbonyl (C=O) groups excluding carboxylic acids is 1. The molecule has 4 rings (SSSR count). The van der Waals surface area contributed by atoms with Crippen molar-refractivity contribution in [2.45, 2.75) is 45.1 Å². The van der Waals surface area contributed by atoms with Crippen LogP contribution in [-0.4, -0.2) is 88.8 Å². The van der Waals surface area contributed by atoms with Gasteiger partial charge in [-0.15, -0.1) is 0 Å². The summed E-state index contributed by atoms with van der Waals surface area (Å²) in [5.74, 6) is -0.897. The maximum atomic E-state index is 12.1. The van der Waals surface area contributed by atoms with Crippen LogP contribution >= 0.6 is 0 Å². The van der Waals surface area contributed by atoms with Crippen molar-refractivity contribution in [2.24, 2.45) is 7.05 Å². The van der Waals surface area contributed by atoms with Crippen molar-refractivity contribution in [1.82, 2.24) is 14.4 Å². The lowest BCUT2D eigenvalue weighted by Crippen LogP contribution is -2.47. The molecule has 2 aliphatic rings. The van der Waals surface area contributed by atoms with E-state index >= 15 is 0 Å². The van der Waals surface area contributed by atoms with E-state index in [1.165, 1.54) is 17.1 Å². The Bertz CT molecular complexity index is 1060. The van der Waals surface area contributed by atoms with E-state index in [2.05, 4.69) is 45.7 Å². The average Bonchev–Trinajstić information content (AvgIpc) is 3.27. The van der Waals surface area contributed by atoms with Gasteiger partial charge < -0.3 is 29.3 Å². The predicted molar refractivity (Wildman–Crippen MR) is 145 cm³/mol. The Balaban J connectivity index is 0.000000436. The van der Waals surface area contributed by atoms with Gasteiger partial charge in [0.2, 0.25) is 5.91 Å². The molecule has 2 aromatic rings. The van der Waals surface area contributed by atoms with Crippen LogP contribution in [0.5, 0.6) is 5.75 Å². The first-order chi connectivity index (χ1) is 18.3. The van der Waals surface area contributed by atoms with Gasteiger partial charge in [0.1, 0.15) is 5.75 Å². The maximum absolute atomic E-state index is 12.1. The number of hydrogen-bond acceptors (Lipinski definition) is 6. The number of hydrogen-bond donors (Lipinski definition) is 2. The van der Waals surface area contributed by atoms with Gasteiger partial charge in [0.15, 0.2) is 0 Å². The Morgan fingerprint density at radius 3 is 2.18 bits per heavy atom. The molecule has 3 heterocycles. The Morgan fingerprint density at radius 1 is 0.895 bits per heavy atom. The van der Waals surface area contributed by atoms with Crippen molar-refractivity contribution in [3.8, 4) is 5.75 Å². The third-order valence-electron chi connectivity index (χ3n) is 7.14. The van der Waals surface area contributed by atoms with Crippen molar-refractivity contribution < 1.29 is 29.3 Å². The van der Waals surface area contributed by atoms with Gasteiger partial charge in [-0.05, 0) is 37.1 Å². The molecule has 0 unspecified atom stereocenters. The van der Waals surface area contributed by atoms with Crippen molar-refractivity contribution in [1.29, 1.82) is 0 Å². The van der Waals surface area contributed by atoms with Gasteiger partial charge in [-0.2, -0.15) is 0 Å². The number of rotatable bonds is 10. The van der Waals surface area contributed by atoms with E-state index in [4.69, 9.17) is 14.9 Å². The molecule has 10 nitrogen and oxygen atoms in total. The van der Waals surface area contributed by atoms with Gasteiger partial charge in [0, 0.05) is 70.5 Å². The lowest BCUT2D eigenvalue weighted by Gasteiger charge is -2.36. The molecule has 1 aromatic carbocycles. The lowest BCUT2D eigenvalue weighted by atomic mass is 10.1. The van der Waals surface area contributed by atoms with E-state index in [1.807, 2.05) is 17.0 Å². The van der Waals surface area contributed by atoms with Gasteiger partial charge in [-0.25, -0.2) is 0 Å². The molecule has 0 atom stereocenters. The van der Waals surface area contributed by atoms with Crippen LogP contribution in [0.15, 0.2) is 36.4 Å². The molecule has 2 fully saturated rings. The highest BCUT2D eigenvalue weighted by Gasteiger charge is 2.21. The van der Waals surface area contributed by atoms with Gasteiger partial charge in [-0.1, -0.05) is 12.1 Å². The van der Waals surface area contributed by atoms with Gasteiger partial charge in [0.25, 0.3) is 0 Å². The topological polar surface area (TPSA) is 116 Å². The Hall–Kier alpha value is -3.53. The second-order valence-electron chi connectivity index (χ2n) is 9.69. The van der Waals surface area contributed by atoms with Gasteiger partial charge >= 0.3 is 11.9 Å². The molecule has 0 bridgehead atoms. The molecule has 1 aromatic heterocycles. The molecule has 2 aliphatic heterocycles. The normalized spacial score (nSPS) is 16.1. The van der Waals surface area contributed by atoms with Gasteiger partial charge in [-0.3, -0.25) is 19.3 Å². The van der Waals surface area contributed by atoms with E-state index < -0.39 is 11.9 Å². The van der Waals surface area contributed by atoms with Gasteiger partial charge in [0.05, 0.1) is 32.2 Å². The number of carbonyl (C=O) groups is 3. The number of anilines is 1. The molecule has 38 heavy (non-hydrogen) atoms. The molecule has 1 amide bonds. The third-order valence-corrected chi connectivity index (χ3v) is 7.14. The number of benzene rings is 1. The number of methoxy groups -OCH3 is 1. The summed E-state index contributed by atoms with van der Waals surface area (Å²) >= 11 is 0. The van der Waals surface area contributed by atoms with Crippen LogP contribution in [0.3, 0.4) is 0 Å². The molecule has 2 N–H and O–H groups in total. The summed E-state index contributed by atoms with van der Waals surface area (Å²) in [7, 11) is 3.88. The largest absolute Gasteiger partial charge is 0.495 e. The number of ether oxygens (including phenoxy) is 1. The zero-order valence-electron chi connectivity index (χ0n) is 22.5. The number of carboxylic acid groups (broad SMARTS) is 2. The van der Waals surface area contributed by atoms with Crippen LogP contribution in [-0.2, 0) is 34.4 Å². The minimum Gasteiger partial charge on any atom is -0.495 e. The summed E-state index contributed by atoms with van der Waals surface area (Å²) in [6, 6.07) is 12.7. The first kappa shape index (κ1) is 29.0. The smallest absolute Gasteiger partial charge is 0.303 e. The van der Waals surface area contributed by atoms with E-state index in [1.54, 1.807) is 7.11 Å². The van der Waals surface area contributed by atoms with Crippen LogP contribution in [0, 0.1) is 0 Å².